The number of nitrogens with zero attached hydrogens (tertiary/aromatic N) is 1. The SMILES string of the molecule is CC(=O)SC1CC(=O)N(c2cccc(C)c2Cl)C1. The maximum Gasteiger partial charge on any atom is 0.228 e. The van der Waals surface area contributed by atoms with Gasteiger partial charge in [-0.2, -0.15) is 0 Å². The van der Waals surface area contributed by atoms with Gasteiger partial charge in [0, 0.05) is 25.1 Å². The molecule has 1 fully saturated rings. The minimum Gasteiger partial charge on any atom is -0.310 e. The lowest BCUT2D eigenvalue weighted by Gasteiger charge is -2.18. The maximum atomic E-state index is 12.0. The van der Waals surface area contributed by atoms with Crippen LogP contribution in [0.2, 0.25) is 5.02 Å². The van der Waals surface area contributed by atoms with Crippen molar-refractivity contribution in [3.8, 4) is 0 Å². The fourth-order valence-electron chi connectivity index (χ4n) is 2.06. The number of rotatable bonds is 2. The fourth-order valence-corrected chi connectivity index (χ4v) is 3.21. The summed E-state index contributed by atoms with van der Waals surface area (Å²) in [5.74, 6) is 0.0289. The standard InChI is InChI=1S/C13H14ClNO2S/c1-8-4-3-5-11(13(8)14)15-7-10(6-12(15)17)18-9(2)16/h3-5,10H,6-7H2,1-2H3. The topological polar surface area (TPSA) is 37.4 Å². The van der Waals surface area contributed by atoms with Crippen molar-refractivity contribution in [2.24, 2.45) is 0 Å². The predicted octanol–water partition coefficient (Wildman–Crippen LogP) is 3.03. The Kier molecular flexibility index (Phi) is 3.97. The minimum absolute atomic E-state index is 0.0289. The lowest BCUT2D eigenvalue weighted by molar-refractivity contribution is -0.117. The third-order valence-corrected chi connectivity index (χ3v) is 4.36. The molecule has 0 spiro atoms. The molecule has 1 aromatic carbocycles. The van der Waals surface area contributed by atoms with E-state index in [0.29, 0.717) is 18.0 Å². The van der Waals surface area contributed by atoms with Crippen molar-refractivity contribution >= 4 is 40.1 Å². The van der Waals surface area contributed by atoms with E-state index in [1.54, 1.807) is 4.90 Å². The van der Waals surface area contributed by atoms with Crippen molar-refractivity contribution in [2.75, 3.05) is 11.4 Å². The number of halogens is 1. The summed E-state index contributed by atoms with van der Waals surface area (Å²) in [4.78, 5) is 24.7. The summed E-state index contributed by atoms with van der Waals surface area (Å²) < 4.78 is 0. The van der Waals surface area contributed by atoms with Gasteiger partial charge in [0.1, 0.15) is 0 Å². The molecule has 1 unspecified atom stereocenters. The van der Waals surface area contributed by atoms with Gasteiger partial charge in [0.25, 0.3) is 0 Å². The highest BCUT2D eigenvalue weighted by Crippen LogP contribution is 2.34. The van der Waals surface area contributed by atoms with E-state index in [1.165, 1.54) is 18.7 Å². The van der Waals surface area contributed by atoms with E-state index in [1.807, 2.05) is 25.1 Å². The van der Waals surface area contributed by atoms with E-state index in [0.717, 1.165) is 11.3 Å². The highest BCUT2D eigenvalue weighted by molar-refractivity contribution is 8.14. The maximum absolute atomic E-state index is 12.0. The lowest BCUT2D eigenvalue weighted by Crippen LogP contribution is -2.25. The van der Waals surface area contributed by atoms with Gasteiger partial charge >= 0.3 is 0 Å². The van der Waals surface area contributed by atoms with Crippen molar-refractivity contribution in [3.05, 3.63) is 28.8 Å². The zero-order valence-corrected chi connectivity index (χ0v) is 11.8. The number of carbonyl (C=O) groups excluding carboxylic acids is 2. The minimum atomic E-state index is 0.0289. The van der Waals surface area contributed by atoms with Gasteiger partial charge in [-0.15, -0.1) is 0 Å². The highest BCUT2D eigenvalue weighted by atomic mass is 35.5. The first-order valence-corrected chi connectivity index (χ1v) is 6.97. The van der Waals surface area contributed by atoms with Crippen molar-refractivity contribution < 1.29 is 9.59 Å². The van der Waals surface area contributed by atoms with Crippen LogP contribution < -0.4 is 4.90 Å². The number of thioether (sulfide) groups is 1. The number of carbonyl (C=O) groups is 2. The smallest absolute Gasteiger partial charge is 0.228 e. The molecule has 0 radical (unpaired) electrons. The second kappa shape index (κ2) is 5.33. The molecule has 0 aromatic heterocycles. The molecule has 0 saturated carbocycles. The van der Waals surface area contributed by atoms with E-state index in [-0.39, 0.29) is 16.3 Å². The molecule has 0 N–H and O–H groups in total. The molecule has 0 aliphatic carbocycles. The zero-order chi connectivity index (χ0) is 13.3. The summed E-state index contributed by atoms with van der Waals surface area (Å²) in [5, 5.41) is 0.691. The Morgan fingerprint density at radius 3 is 2.89 bits per heavy atom. The van der Waals surface area contributed by atoms with Crippen molar-refractivity contribution in [3.63, 3.8) is 0 Å². The average Bonchev–Trinajstić information content (AvgIpc) is 2.62. The molecule has 96 valence electrons. The summed E-state index contributed by atoms with van der Waals surface area (Å²) >= 11 is 7.45. The quantitative estimate of drug-likeness (QED) is 0.837. The molecule has 1 saturated heterocycles. The van der Waals surface area contributed by atoms with Gasteiger partial charge in [-0.1, -0.05) is 35.5 Å². The molecule has 5 heteroatoms. The number of anilines is 1. The Bertz CT molecular complexity index is 504. The van der Waals surface area contributed by atoms with Gasteiger partial charge in [0.15, 0.2) is 5.12 Å². The summed E-state index contributed by atoms with van der Waals surface area (Å²) in [6.07, 6.45) is 0.397. The molecule has 1 aliphatic rings. The van der Waals surface area contributed by atoms with E-state index in [9.17, 15) is 9.59 Å². The molecule has 2 rings (SSSR count). The van der Waals surface area contributed by atoms with Crippen LogP contribution in [0.4, 0.5) is 5.69 Å². The van der Waals surface area contributed by atoms with Crippen LogP contribution in [0.25, 0.3) is 0 Å². The third kappa shape index (κ3) is 2.70. The predicted molar refractivity (Wildman–Crippen MR) is 75.2 cm³/mol. The summed E-state index contributed by atoms with van der Waals surface area (Å²) in [6, 6.07) is 5.64. The van der Waals surface area contributed by atoms with Gasteiger partial charge in [-0.05, 0) is 18.6 Å². The summed E-state index contributed by atoms with van der Waals surface area (Å²) in [6.45, 7) is 3.98. The number of amides is 1. The molecule has 1 heterocycles. The summed E-state index contributed by atoms with van der Waals surface area (Å²) in [7, 11) is 0. The Hall–Kier alpha value is -1.00. The largest absolute Gasteiger partial charge is 0.310 e. The van der Waals surface area contributed by atoms with Crippen LogP contribution in [-0.2, 0) is 9.59 Å². The Labute approximate surface area is 115 Å². The molecule has 18 heavy (non-hydrogen) atoms. The molecule has 1 aromatic rings. The molecular formula is C13H14ClNO2S. The van der Waals surface area contributed by atoms with Gasteiger partial charge < -0.3 is 4.90 Å². The number of hydrogen-bond acceptors (Lipinski definition) is 3. The first kappa shape index (κ1) is 13.4. The monoisotopic (exact) mass is 283 g/mol. The van der Waals surface area contributed by atoms with Gasteiger partial charge in [-0.3, -0.25) is 9.59 Å². The Morgan fingerprint density at radius 1 is 1.50 bits per heavy atom. The number of aryl methyl sites for hydroxylation is 1. The normalized spacial score (nSPS) is 19.4. The van der Waals surface area contributed by atoms with Crippen molar-refractivity contribution in [1.29, 1.82) is 0 Å². The van der Waals surface area contributed by atoms with E-state index >= 15 is 0 Å². The van der Waals surface area contributed by atoms with Gasteiger partial charge in [0.05, 0.1) is 10.7 Å². The molecule has 1 atom stereocenters. The molecule has 1 amide bonds. The second-order valence-electron chi connectivity index (χ2n) is 4.35. The molecule has 3 nitrogen and oxygen atoms in total. The van der Waals surface area contributed by atoms with Gasteiger partial charge in [-0.25, -0.2) is 0 Å². The van der Waals surface area contributed by atoms with Gasteiger partial charge in [0.2, 0.25) is 5.91 Å². The lowest BCUT2D eigenvalue weighted by atomic mass is 10.2. The van der Waals surface area contributed by atoms with E-state index in [4.69, 9.17) is 11.6 Å². The average molecular weight is 284 g/mol. The van der Waals surface area contributed by atoms with E-state index in [2.05, 4.69) is 0 Å². The third-order valence-electron chi connectivity index (χ3n) is 2.88. The number of benzene rings is 1. The highest BCUT2D eigenvalue weighted by Gasteiger charge is 2.32. The second-order valence-corrected chi connectivity index (χ2v) is 6.20. The van der Waals surface area contributed by atoms with Crippen LogP contribution in [-0.4, -0.2) is 22.8 Å². The first-order chi connectivity index (χ1) is 8.49. The van der Waals surface area contributed by atoms with Crippen molar-refractivity contribution in [1.82, 2.24) is 0 Å². The Balaban J connectivity index is 2.22. The van der Waals surface area contributed by atoms with E-state index < -0.39 is 0 Å². The fraction of sp³-hybridized carbons (Fsp3) is 0.385. The van der Waals surface area contributed by atoms with Crippen LogP contribution in [0, 0.1) is 6.92 Å². The van der Waals surface area contributed by atoms with Crippen LogP contribution in [0.1, 0.15) is 18.9 Å². The van der Waals surface area contributed by atoms with Crippen LogP contribution in [0.3, 0.4) is 0 Å². The van der Waals surface area contributed by atoms with Crippen LogP contribution in [0.5, 0.6) is 0 Å². The first-order valence-electron chi connectivity index (χ1n) is 5.71. The van der Waals surface area contributed by atoms with Crippen molar-refractivity contribution in [2.45, 2.75) is 25.5 Å². The zero-order valence-electron chi connectivity index (χ0n) is 10.3. The number of hydrogen-bond donors (Lipinski definition) is 0. The Morgan fingerprint density at radius 2 is 2.22 bits per heavy atom. The molecular weight excluding hydrogens is 270 g/mol. The van der Waals surface area contributed by atoms with Crippen LogP contribution >= 0.6 is 23.4 Å². The summed E-state index contributed by atoms with van der Waals surface area (Å²) in [5.41, 5.74) is 1.69. The van der Waals surface area contributed by atoms with Crippen LogP contribution in [0.15, 0.2) is 18.2 Å². The molecule has 1 aliphatic heterocycles. The molecule has 0 bridgehead atoms.